The van der Waals surface area contributed by atoms with Gasteiger partial charge in [-0.2, -0.15) is 0 Å². The monoisotopic (exact) mass is 246 g/mol. The van der Waals surface area contributed by atoms with Crippen LogP contribution in [-0.4, -0.2) is 41.4 Å². The number of amides is 2. The molecule has 6 nitrogen and oxygen atoms in total. The summed E-state index contributed by atoms with van der Waals surface area (Å²) in [5.41, 5.74) is 0.0659. The van der Waals surface area contributed by atoms with Crippen LogP contribution in [-0.2, 0) is 4.79 Å². The normalized spacial score (nSPS) is 14.9. The quantitative estimate of drug-likeness (QED) is 0.564. The fraction of sp³-hybridized carbons (Fsp3) is 0.818. The number of nitrogens with one attached hydrogen (secondary N) is 2. The highest BCUT2D eigenvalue weighted by atomic mass is 16.4. The van der Waals surface area contributed by atoms with E-state index in [1.54, 1.807) is 0 Å². The number of carboxylic acids is 1. The second-order valence-corrected chi connectivity index (χ2v) is 5.19. The Morgan fingerprint density at radius 3 is 2.18 bits per heavy atom. The summed E-state index contributed by atoms with van der Waals surface area (Å²) in [5, 5.41) is 22.1. The maximum absolute atomic E-state index is 11.4. The molecule has 0 aliphatic heterocycles. The number of carbonyl (C=O) groups is 2. The minimum absolute atomic E-state index is 0.0659. The summed E-state index contributed by atoms with van der Waals surface area (Å²) >= 11 is 0. The standard InChI is InChI=1S/C11H22N2O4/c1-7(11(2,3)4)5-12-10(17)13-8(6-14)9(15)16/h7-8,14H,5-6H2,1-4H3,(H,15,16)(H2,12,13,17)/t7?,8-/m1/s1. The lowest BCUT2D eigenvalue weighted by Crippen LogP contribution is -2.49. The number of carboxylic acid groups (broad SMARTS) is 1. The molecule has 0 bridgehead atoms. The number of aliphatic hydroxyl groups excluding tert-OH is 1. The highest BCUT2D eigenvalue weighted by Crippen LogP contribution is 2.24. The van der Waals surface area contributed by atoms with E-state index >= 15 is 0 Å². The predicted octanol–water partition coefficient (Wildman–Crippen LogP) is 0.413. The first-order chi connectivity index (χ1) is 7.68. The van der Waals surface area contributed by atoms with E-state index in [-0.39, 0.29) is 11.3 Å². The molecule has 0 saturated carbocycles. The molecule has 100 valence electrons. The van der Waals surface area contributed by atoms with Crippen molar-refractivity contribution in [2.24, 2.45) is 11.3 Å². The summed E-state index contributed by atoms with van der Waals surface area (Å²) in [4.78, 5) is 21.9. The molecule has 0 saturated heterocycles. The van der Waals surface area contributed by atoms with E-state index in [2.05, 4.69) is 31.4 Å². The number of hydrogen-bond donors (Lipinski definition) is 4. The molecule has 0 spiro atoms. The first kappa shape index (κ1) is 15.7. The predicted molar refractivity (Wildman–Crippen MR) is 63.7 cm³/mol. The van der Waals surface area contributed by atoms with Crippen molar-refractivity contribution in [3.8, 4) is 0 Å². The van der Waals surface area contributed by atoms with Crippen molar-refractivity contribution in [3.05, 3.63) is 0 Å². The Bertz CT molecular complexity index is 273. The van der Waals surface area contributed by atoms with Gasteiger partial charge in [0.25, 0.3) is 0 Å². The van der Waals surface area contributed by atoms with Gasteiger partial charge in [-0.15, -0.1) is 0 Å². The molecule has 0 radical (unpaired) electrons. The van der Waals surface area contributed by atoms with Crippen molar-refractivity contribution in [3.63, 3.8) is 0 Å². The molecular weight excluding hydrogens is 224 g/mol. The van der Waals surface area contributed by atoms with E-state index in [1.807, 2.05) is 6.92 Å². The van der Waals surface area contributed by atoms with Gasteiger partial charge >= 0.3 is 12.0 Å². The lowest BCUT2D eigenvalue weighted by molar-refractivity contribution is -0.140. The van der Waals surface area contributed by atoms with Crippen LogP contribution in [0, 0.1) is 11.3 Å². The van der Waals surface area contributed by atoms with E-state index < -0.39 is 24.6 Å². The first-order valence-electron chi connectivity index (χ1n) is 5.56. The number of aliphatic carboxylic acids is 1. The van der Waals surface area contributed by atoms with Gasteiger partial charge in [-0.25, -0.2) is 9.59 Å². The van der Waals surface area contributed by atoms with E-state index in [0.717, 1.165) is 0 Å². The Kier molecular flexibility index (Phi) is 5.95. The van der Waals surface area contributed by atoms with Crippen LogP contribution >= 0.6 is 0 Å². The molecule has 0 aliphatic rings. The van der Waals surface area contributed by atoms with Crippen molar-refractivity contribution in [1.82, 2.24) is 10.6 Å². The topological polar surface area (TPSA) is 98.7 Å². The summed E-state index contributed by atoms with van der Waals surface area (Å²) in [6.07, 6.45) is 0. The Balaban J connectivity index is 4.07. The number of aliphatic hydroxyl groups is 1. The Morgan fingerprint density at radius 2 is 1.82 bits per heavy atom. The Morgan fingerprint density at radius 1 is 1.29 bits per heavy atom. The van der Waals surface area contributed by atoms with Crippen molar-refractivity contribution < 1.29 is 19.8 Å². The Hall–Kier alpha value is -1.30. The van der Waals surface area contributed by atoms with Crippen LogP contribution in [0.15, 0.2) is 0 Å². The molecule has 6 heteroatoms. The fourth-order valence-electron chi connectivity index (χ4n) is 0.947. The van der Waals surface area contributed by atoms with E-state index in [1.165, 1.54) is 0 Å². The number of hydrogen-bond acceptors (Lipinski definition) is 3. The lowest BCUT2D eigenvalue weighted by atomic mass is 9.82. The third-order valence-electron chi connectivity index (χ3n) is 2.83. The molecule has 0 aromatic carbocycles. The van der Waals surface area contributed by atoms with Crippen molar-refractivity contribution in [2.45, 2.75) is 33.7 Å². The largest absolute Gasteiger partial charge is 0.480 e. The molecule has 0 aromatic heterocycles. The van der Waals surface area contributed by atoms with Crippen molar-refractivity contribution in [2.75, 3.05) is 13.2 Å². The highest BCUT2D eigenvalue weighted by Gasteiger charge is 2.22. The van der Waals surface area contributed by atoms with E-state index in [4.69, 9.17) is 10.2 Å². The SMILES string of the molecule is CC(CNC(=O)N[C@H](CO)C(=O)O)C(C)(C)C. The summed E-state index contributed by atoms with van der Waals surface area (Å²) < 4.78 is 0. The molecular formula is C11H22N2O4. The second-order valence-electron chi connectivity index (χ2n) is 5.19. The zero-order chi connectivity index (χ0) is 13.6. The average Bonchev–Trinajstić information content (AvgIpc) is 2.20. The molecule has 17 heavy (non-hydrogen) atoms. The minimum Gasteiger partial charge on any atom is -0.480 e. The van der Waals surface area contributed by atoms with E-state index in [0.29, 0.717) is 6.54 Å². The van der Waals surface area contributed by atoms with Gasteiger partial charge in [-0.05, 0) is 11.3 Å². The van der Waals surface area contributed by atoms with Crippen molar-refractivity contribution >= 4 is 12.0 Å². The van der Waals surface area contributed by atoms with Gasteiger partial charge in [-0.3, -0.25) is 0 Å². The van der Waals surface area contributed by atoms with E-state index in [9.17, 15) is 9.59 Å². The van der Waals surface area contributed by atoms with Gasteiger partial charge in [0, 0.05) is 6.54 Å². The van der Waals surface area contributed by atoms with Gasteiger partial charge in [0.05, 0.1) is 6.61 Å². The van der Waals surface area contributed by atoms with Gasteiger partial charge in [-0.1, -0.05) is 27.7 Å². The first-order valence-corrected chi connectivity index (χ1v) is 5.56. The molecule has 4 N–H and O–H groups in total. The van der Waals surface area contributed by atoms with Crippen LogP contribution in [0.1, 0.15) is 27.7 Å². The molecule has 2 amide bonds. The molecule has 0 aliphatic carbocycles. The van der Waals surface area contributed by atoms with Crippen LogP contribution in [0.25, 0.3) is 0 Å². The maximum Gasteiger partial charge on any atom is 0.328 e. The van der Waals surface area contributed by atoms with Crippen LogP contribution in [0.3, 0.4) is 0 Å². The van der Waals surface area contributed by atoms with Crippen molar-refractivity contribution in [1.29, 1.82) is 0 Å². The second kappa shape index (κ2) is 6.44. The van der Waals surface area contributed by atoms with Crippen LogP contribution in [0.2, 0.25) is 0 Å². The van der Waals surface area contributed by atoms with Crippen LogP contribution in [0.4, 0.5) is 4.79 Å². The molecule has 2 atom stereocenters. The molecule has 0 fully saturated rings. The summed E-state index contributed by atoms with van der Waals surface area (Å²) in [6, 6.07) is -1.84. The zero-order valence-corrected chi connectivity index (χ0v) is 10.8. The number of carbonyl (C=O) groups excluding carboxylic acids is 1. The number of rotatable bonds is 5. The summed E-state index contributed by atoms with van der Waals surface area (Å²) in [6.45, 7) is 8.01. The lowest BCUT2D eigenvalue weighted by Gasteiger charge is -2.27. The number of urea groups is 1. The van der Waals surface area contributed by atoms with Crippen LogP contribution in [0.5, 0.6) is 0 Å². The summed E-state index contributed by atoms with van der Waals surface area (Å²) in [5.74, 6) is -1.00. The van der Waals surface area contributed by atoms with Crippen LogP contribution < -0.4 is 10.6 Å². The molecule has 0 aromatic rings. The minimum atomic E-state index is -1.26. The zero-order valence-electron chi connectivity index (χ0n) is 10.8. The Labute approximate surface area is 101 Å². The third kappa shape index (κ3) is 6.11. The smallest absolute Gasteiger partial charge is 0.328 e. The summed E-state index contributed by atoms with van der Waals surface area (Å²) in [7, 11) is 0. The van der Waals surface area contributed by atoms with Gasteiger partial charge in [0.2, 0.25) is 0 Å². The highest BCUT2D eigenvalue weighted by molar-refractivity contribution is 5.82. The van der Waals surface area contributed by atoms with Gasteiger partial charge in [0.1, 0.15) is 0 Å². The third-order valence-corrected chi connectivity index (χ3v) is 2.83. The average molecular weight is 246 g/mol. The molecule has 0 heterocycles. The van der Waals surface area contributed by atoms with Gasteiger partial charge < -0.3 is 20.8 Å². The molecule has 0 rings (SSSR count). The molecule has 1 unspecified atom stereocenters. The van der Waals surface area contributed by atoms with Gasteiger partial charge in [0.15, 0.2) is 6.04 Å². The maximum atomic E-state index is 11.4. The fourth-order valence-corrected chi connectivity index (χ4v) is 0.947.